The molecule has 11 aromatic rings. The van der Waals surface area contributed by atoms with Crippen molar-refractivity contribution in [2.24, 2.45) is 0 Å². The molecule has 0 unspecified atom stereocenters. The minimum Gasteiger partial charge on any atom is -0.456 e. The van der Waals surface area contributed by atoms with Crippen LogP contribution in [0.15, 0.2) is 241 Å². The zero-order valence-electron chi connectivity index (χ0n) is 32.9. The van der Waals surface area contributed by atoms with Gasteiger partial charge >= 0.3 is 0 Å². The van der Waals surface area contributed by atoms with Crippen LogP contribution in [-0.4, -0.2) is 0 Å². The molecule has 0 aliphatic carbocycles. The monoisotopic (exact) mass is 765 g/mol. The minimum atomic E-state index is 0.882. The van der Waals surface area contributed by atoms with E-state index in [0.29, 0.717) is 0 Å². The second kappa shape index (κ2) is 15.1. The van der Waals surface area contributed by atoms with E-state index in [-0.39, 0.29) is 0 Å². The van der Waals surface area contributed by atoms with Gasteiger partial charge in [0.15, 0.2) is 0 Å². The molecule has 2 heteroatoms. The molecule has 0 radical (unpaired) electrons. The maximum Gasteiger partial charge on any atom is 0.135 e. The lowest BCUT2D eigenvalue weighted by molar-refractivity contribution is 0.669. The Labute approximate surface area is 349 Å². The van der Waals surface area contributed by atoms with Crippen LogP contribution < -0.4 is 4.90 Å². The highest BCUT2D eigenvalue weighted by Crippen LogP contribution is 2.50. The average molecular weight is 766 g/mol. The van der Waals surface area contributed by atoms with E-state index < -0.39 is 0 Å². The molecule has 0 bridgehead atoms. The number of anilines is 3. The van der Waals surface area contributed by atoms with Crippen molar-refractivity contribution in [2.75, 3.05) is 4.90 Å². The van der Waals surface area contributed by atoms with Crippen molar-refractivity contribution in [2.45, 2.75) is 0 Å². The van der Waals surface area contributed by atoms with Crippen LogP contribution >= 0.6 is 0 Å². The van der Waals surface area contributed by atoms with Gasteiger partial charge < -0.3 is 9.32 Å². The molecule has 1 aromatic heterocycles. The van der Waals surface area contributed by atoms with Crippen molar-refractivity contribution in [3.63, 3.8) is 0 Å². The molecular weight excluding hydrogens is 727 g/mol. The van der Waals surface area contributed by atoms with Gasteiger partial charge in [-0.2, -0.15) is 0 Å². The van der Waals surface area contributed by atoms with Gasteiger partial charge in [0.25, 0.3) is 0 Å². The first-order valence-corrected chi connectivity index (χ1v) is 20.5. The average Bonchev–Trinajstić information content (AvgIpc) is 3.70. The third kappa shape index (κ3) is 6.32. The molecule has 10 aromatic carbocycles. The van der Waals surface area contributed by atoms with Crippen LogP contribution in [0.5, 0.6) is 0 Å². The summed E-state index contributed by atoms with van der Waals surface area (Å²) in [5.74, 6) is 0. The molecule has 0 atom stereocenters. The quantitative estimate of drug-likeness (QED) is 0.153. The summed E-state index contributed by atoms with van der Waals surface area (Å²) in [6, 6.07) is 85.2. The molecule has 0 aliphatic rings. The summed E-state index contributed by atoms with van der Waals surface area (Å²) in [7, 11) is 0. The standard InChI is InChI=1S/C58H39NO/c1-3-17-40(18-4-1)43-23-13-25-46(37-43)58-49(45-35-36-57-53(39-45)52-29-10-12-34-56(52)60-57)30-16-33-55(58)59(47-26-14-24-44(38-47)41-19-5-2-6-20-41)54-32-11-9-28-51(54)50-31-15-22-42-21-7-8-27-48(42)50/h1-39H. The largest absolute Gasteiger partial charge is 0.456 e. The van der Waals surface area contributed by atoms with E-state index in [9.17, 15) is 0 Å². The highest BCUT2D eigenvalue weighted by molar-refractivity contribution is 6.08. The fourth-order valence-electron chi connectivity index (χ4n) is 8.87. The third-order valence-corrected chi connectivity index (χ3v) is 11.7. The summed E-state index contributed by atoms with van der Waals surface area (Å²) in [6.45, 7) is 0. The molecule has 60 heavy (non-hydrogen) atoms. The van der Waals surface area contributed by atoms with Gasteiger partial charge in [-0.3, -0.25) is 0 Å². The highest BCUT2D eigenvalue weighted by atomic mass is 16.3. The number of rotatable bonds is 8. The number of para-hydroxylation sites is 2. The molecule has 0 fully saturated rings. The smallest absolute Gasteiger partial charge is 0.135 e. The minimum absolute atomic E-state index is 0.882. The lowest BCUT2D eigenvalue weighted by Crippen LogP contribution is -2.13. The molecule has 0 spiro atoms. The Morgan fingerprint density at radius 2 is 0.833 bits per heavy atom. The Balaban J connectivity index is 1.22. The SMILES string of the molecule is c1ccc(-c2cccc(-c3c(-c4ccc5oc6ccccc6c5c4)cccc3N(c3cccc(-c4ccccc4)c3)c3ccccc3-c3cccc4ccccc34)c2)cc1. The van der Waals surface area contributed by atoms with Crippen molar-refractivity contribution < 1.29 is 4.42 Å². The molecular formula is C58H39NO. The first-order valence-electron chi connectivity index (χ1n) is 20.5. The molecule has 0 aliphatic heterocycles. The van der Waals surface area contributed by atoms with Crippen LogP contribution in [0.3, 0.4) is 0 Å². The zero-order chi connectivity index (χ0) is 39.8. The maximum atomic E-state index is 6.33. The van der Waals surface area contributed by atoms with Gasteiger partial charge in [-0.25, -0.2) is 0 Å². The van der Waals surface area contributed by atoms with Crippen LogP contribution in [0.1, 0.15) is 0 Å². The van der Waals surface area contributed by atoms with Crippen molar-refractivity contribution in [3.8, 4) is 55.6 Å². The number of furan rings is 1. The number of hydrogen-bond donors (Lipinski definition) is 0. The Kier molecular flexibility index (Phi) is 8.87. The van der Waals surface area contributed by atoms with Gasteiger partial charge in [0, 0.05) is 27.6 Å². The highest BCUT2D eigenvalue weighted by Gasteiger charge is 2.24. The van der Waals surface area contributed by atoms with Gasteiger partial charge in [0.1, 0.15) is 11.2 Å². The van der Waals surface area contributed by atoms with Gasteiger partial charge in [-0.05, 0) is 104 Å². The van der Waals surface area contributed by atoms with E-state index in [1.807, 2.05) is 12.1 Å². The summed E-state index contributed by atoms with van der Waals surface area (Å²) < 4.78 is 6.33. The summed E-state index contributed by atoms with van der Waals surface area (Å²) in [5, 5.41) is 4.65. The van der Waals surface area contributed by atoms with E-state index in [1.54, 1.807) is 0 Å². The van der Waals surface area contributed by atoms with Crippen molar-refractivity contribution in [3.05, 3.63) is 237 Å². The Bertz CT molecular complexity index is 3320. The summed E-state index contributed by atoms with van der Waals surface area (Å²) in [6.07, 6.45) is 0. The molecule has 0 saturated carbocycles. The second-order valence-corrected chi connectivity index (χ2v) is 15.3. The summed E-state index contributed by atoms with van der Waals surface area (Å²) >= 11 is 0. The Hall–Kier alpha value is -7.94. The molecule has 0 N–H and O–H groups in total. The Morgan fingerprint density at radius 1 is 0.283 bits per heavy atom. The van der Waals surface area contributed by atoms with E-state index >= 15 is 0 Å². The molecule has 0 amide bonds. The number of nitrogens with zero attached hydrogens (tertiary/aromatic N) is 1. The van der Waals surface area contributed by atoms with Gasteiger partial charge in [-0.1, -0.05) is 188 Å². The van der Waals surface area contributed by atoms with E-state index in [1.165, 1.54) is 33.0 Å². The lowest BCUT2D eigenvalue weighted by Gasteiger charge is -2.31. The number of fused-ring (bicyclic) bond motifs is 4. The van der Waals surface area contributed by atoms with Crippen LogP contribution in [0.2, 0.25) is 0 Å². The van der Waals surface area contributed by atoms with Crippen LogP contribution in [-0.2, 0) is 0 Å². The zero-order valence-corrected chi connectivity index (χ0v) is 32.9. The maximum absolute atomic E-state index is 6.33. The summed E-state index contributed by atoms with van der Waals surface area (Å²) in [5.41, 5.74) is 16.5. The van der Waals surface area contributed by atoms with Gasteiger partial charge in [-0.15, -0.1) is 0 Å². The fourth-order valence-corrected chi connectivity index (χ4v) is 8.87. The summed E-state index contributed by atoms with van der Waals surface area (Å²) in [4.78, 5) is 2.48. The molecule has 1 heterocycles. The van der Waals surface area contributed by atoms with Crippen LogP contribution in [0.4, 0.5) is 17.1 Å². The molecule has 282 valence electrons. The fraction of sp³-hybridized carbons (Fsp3) is 0. The normalized spacial score (nSPS) is 11.3. The van der Waals surface area contributed by atoms with Gasteiger partial charge in [0.05, 0.1) is 11.4 Å². The predicted octanol–water partition coefficient (Wildman–Crippen LogP) is 16.5. The topological polar surface area (TPSA) is 16.4 Å². The van der Waals surface area contributed by atoms with E-state index in [4.69, 9.17) is 4.42 Å². The molecule has 2 nitrogen and oxygen atoms in total. The third-order valence-electron chi connectivity index (χ3n) is 11.7. The Morgan fingerprint density at radius 3 is 1.67 bits per heavy atom. The predicted molar refractivity (Wildman–Crippen MR) is 253 cm³/mol. The van der Waals surface area contributed by atoms with E-state index in [2.05, 4.69) is 229 Å². The number of hydrogen-bond acceptors (Lipinski definition) is 2. The van der Waals surface area contributed by atoms with Crippen molar-refractivity contribution in [1.82, 2.24) is 0 Å². The first-order chi connectivity index (χ1) is 29.8. The van der Waals surface area contributed by atoms with Crippen LogP contribution in [0, 0.1) is 0 Å². The first kappa shape index (κ1) is 35.2. The lowest BCUT2D eigenvalue weighted by atomic mass is 9.89. The van der Waals surface area contributed by atoms with Crippen LogP contribution in [0.25, 0.3) is 88.3 Å². The molecule has 11 rings (SSSR count). The van der Waals surface area contributed by atoms with Gasteiger partial charge in [0.2, 0.25) is 0 Å². The number of benzene rings is 10. The van der Waals surface area contributed by atoms with Crippen molar-refractivity contribution in [1.29, 1.82) is 0 Å². The van der Waals surface area contributed by atoms with E-state index in [0.717, 1.165) is 72.4 Å². The second-order valence-electron chi connectivity index (χ2n) is 15.3. The van der Waals surface area contributed by atoms with Crippen molar-refractivity contribution >= 4 is 49.8 Å². The molecule has 0 saturated heterocycles.